The highest BCUT2D eigenvalue weighted by atomic mass is 32.2. The Balaban J connectivity index is 1.69. The molecule has 2 aromatic carbocycles. The van der Waals surface area contributed by atoms with E-state index in [-0.39, 0.29) is 22.3 Å². The molecule has 28 heavy (non-hydrogen) atoms. The number of carbonyl (C=O) groups is 2. The molecule has 1 aliphatic heterocycles. The van der Waals surface area contributed by atoms with Gasteiger partial charge < -0.3 is 9.64 Å². The van der Waals surface area contributed by atoms with Gasteiger partial charge in [0.1, 0.15) is 11.5 Å². The molecule has 5 heteroatoms. The molecule has 0 N–H and O–H groups in total. The van der Waals surface area contributed by atoms with Crippen molar-refractivity contribution in [1.82, 2.24) is 4.90 Å². The topological polar surface area (TPSA) is 46.6 Å². The second-order valence-corrected chi connectivity index (χ2v) is 9.05. The number of thioether (sulfide) groups is 1. The number of hydrogen-bond acceptors (Lipinski definition) is 4. The molecule has 1 heterocycles. The Morgan fingerprint density at radius 2 is 1.75 bits per heavy atom. The number of hydrogen-bond donors (Lipinski definition) is 0. The van der Waals surface area contributed by atoms with Crippen LogP contribution in [0.2, 0.25) is 0 Å². The SMILES string of the molecule is CC(=O)S[C@@H]1CC(=O)N(Cc2ccc(Oc3ccccc3)cc2)[C@H]1CC(C)C. The van der Waals surface area contributed by atoms with Gasteiger partial charge in [-0.1, -0.05) is 55.9 Å². The fourth-order valence-electron chi connectivity index (χ4n) is 3.60. The van der Waals surface area contributed by atoms with Crippen molar-refractivity contribution in [1.29, 1.82) is 0 Å². The van der Waals surface area contributed by atoms with Crippen LogP contribution in [0.1, 0.15) is 39.2 Å². The van der Waals surface area contributed by atoms with Gasteiger partial charge in [-0.2, -0.15) is 0 Å². The number of ether oxygens (including phenoxy) is 1. The minimum Gasteiger partial charge on any atom is -0.457 e. The quantitative estimate of drug-likeness (QED) is 0.638. The molecule has 1 fully saturated rings. The molecule has 0 radical (unpaired) electrons. The molecule has 2 aromatic rings. The highest BCUT2D eigenvalue weighted by Crippen LogP contribution is 2.35. The van der Waals surface area contributed by atoms with Gasteiger partial charge in [-0.25, -0.2) is 0 Å². The van der Waals surface area contributed by atoms with E-state index in [1.165, 1.54) is 11.8 Å². The molecule has 0 spiro atoms. The number of nitrogens with zero attached hydrogens (tertiary/aromatic N) is 1. The van der Waals surface area contributed by atoms with Crippen LogP contribution in [0.5, 0.6) is 11.5 Å². The fourth-order valence-corrected chi connectivity index (χ4v) is 4.66. The predicted octanol–water partition coefficient (Wildman–Crippen LogP) is 5.27. The molecular formula is C23H27NO3S. The van der Waals surface area contributed by atoms with Gasteiger partial charge >= 0.3 is 0 Å². The van der Waals surface area contributed by atoms with E-state index in [0.717, 1.165) is 23.5 Å². The third-order valence-corrected chi connectivity index (χ3v) is 5.93. The summed E-state index contributed by atoms with van der Waals surface area (Å²) in [6.07, 6.45) is 1.35. The molecule has 2 atom stereocenters. The van der Waals surface area contributed by atoms with Crippen LogP contribution in [0.15, 0.2) is 54.6 Å². The molecule has 0 aliphatic carbocycles. The highest BCUT2D eigenvalue weighted by molar-refractivity contribution is 8.14. The Morgan fingerprint density at radius 3 is 2.36 bits per heavy atom. The van der Waals surface area contributed by atoms with Crippen molar-refractivity contribution >= 4 is 22.8 Å². The monoisotopic (exact) mass is 397 g/mol. The van der Waals surface area contributed by atoms with Crippen LogP contribution in [0.25, 0.3) is 0 Å². The predicted molar refractivity (Wildman–Crippen MR) is 113 cm³/mol. The lowest BCUT2D eigenvalue weighted by Crippen LogP contribution is -2.37. The lowest BCUT2D eigenvalue weighted by atomic mass is 10.0. The first kappa shape index (κ1) is 20.5. The first-order valence-corrected chi connectivity index (χ1v) is 10.6. The maximum Gasteiger partial charge on any atom is 0.224 e. The standard InChI is InChI=1S/C23H27NO3S/c1-16(2)13-21-22(28-17(3)25)14-23(26)24(21)15-18-9-11-20(12-10-18)27-19-7-5-4-6-8-19/h4-12,16,21-22H,13-15H2,1-3H3/t21-,22+/m0/s1. The number of para-hydroxylation sites is 1. The molecule has 1 amide bonds. The number of amides is 1. The van der Waals surface area contributed by atoms with Crippen molar-refractivity contribution in [2.45, 2.75) is 51.4 Å². The van der Waals surface area contributed by atoms with Gasteiger partial charge in [0.25, 0.3) is 0 Å². The zero-order valence-electron chi connectivity index (χ0n) is 16.6. The summed E-state index contributed by atoms with van der Waals surface area (Å²) in [5.41, 5.74) is 1.07. The fraction of sp³-hybridized carbons (Fsp3) is 0.391. The van der Waals surface area contributed by atoms with Gasteiger partial charge in [0.15, 0.2) is 5.12 Å². The number of carbonyl (C=O) groups excluding carboxylic acids is 2. The Morgan fingerprint density at radius 1 is 1.11 bits per heavy atom. The lowest BCUT2D eigenvalue weighted by Gasteiger charge is -2.29. The van der Waals surface area contributed by atoms with Crippen LogP contribution in [0, 0.1) is 5.92 Å². The van der Waals surface area contributed by atoms with Gasteiger partial charge in [-0.15, -0.1) is 0 Å². The first-order chi connectivity index (χ1) is 13.4. The zero-order chi connectivity index (χ0) is 20.1. The summed E-state index contributed by atoms with van der Waals surface area (Å²) in [4.78, 5) is 26.2. The van der Waals surface area contributed by atoms with Crippen LogP contribution in [-0.4, -0.2) is 27.2 Å². The summed E-state index contributed by atoms with van der Waals surface area (Å²) in [6.45, 7) is 6.46. The molecule has 3 rings (SSSR count). The van der Waals surface area contributed by atoms with Crippen molar-refractivity contribution in [2.75, 3.05) is 0 Å². The molecule has 0 saturated carbocycles. The van der Waals surface area contributed by atoms with Crippen molar-refractivity contribution < 1.29 is 14.3 Å². The van der Waals surface area contributed by atoms with E-state index in [2.05, 4.69) is 13.8 Å². The second kappa shape index (κ2) is 9.28. The van der Waals surface area contributed by atoms with Gasteiger partial charge in [0.2, 0.25) is 5.91 Å². The van der Waals surface area contributed by atoms with E-state index in [4.69, 9.17) is 4.74 Å². The average Bonchev–Trinajstić information content (AvgIpc) is 2.91. The van der Waals surface area contributed by atoms with Gasteiger partial charge in [0, 0.05) is 31.2 Å². The minimum absolute atomic E-state index is 0.0492. The Labute approximate surface area is 171 Å². The van der Waals surface area contributed by atoms with E-state index >= 15 is 0 Å². The van der Waals surface area contributed by atoms with Gasteiger partial charge in [-0.05, 0) is 42.2 Å². The number of benzene rings is 2. The normalized spacial score (nSPS) is 19.3. The molecule has 0 unspecified atom stereocenters. The first-order valence-electron chi connectivity index (χ1n) is 9.71. The van der Waals surface area contributed by atoms with Crippen molar-refractivity contribution in [3.8, 4) is 11.5 Å². The molecule has 1 saturated heterocycles. The smallest absolute Gasteiger partial charge is 0.224 e. The van der Waals surface area contributed by atoms with Crippen molar-refractivity contribution in [3.63, 3.8) is 0 Å². The van der Waals surface area contributed by atoms with Crippen molar-refractivity contribution in [3.05, 3.63) is 60.2 Å². The zero-order valence-corrected chi connectivity index (χ0v) is 17.4. The highest BCUT2D eigenvalue weighted by Gasteiger charge is 2.40. The largest absolute Gasteiger partial charge is 0.457 e. The molecule has 148 valence electrons. The second-order valence-electron chi connectivity index (χ2n) is 7.63. The summed E-state index contributed by atoms with van der Waals surface area (Å²) in [5, 5.41) is 0.129. The third kappa shape index (κ3) is 5.38. The Kier molecular flexibility index (Phi) is 6.79. The van der Waals surface area contributed by atoms with Crippen LogP contribution < -0.4 is 4.74 Å². The maximum atomic E-state index is 12.6. The Hall–Kier alpha value is -2.27. The summed E-state index contributed by atoms with van der Waals surface area (Å²) in [6, 6.07) is 17.6. The van der Waals surface area contributed by atoms with E-state index in [0.29, 0.717) is 18.9 Å². The lowest BCUT2D eigenvalue weighted by molar-refractivity contribution is -0.129. The molecule has 1 aliphatic rings. The minimum atomic E-state index is 0.0492. The van der Waals surface area contributed by atoms with Gasteiger partial charge in [-0.3, -0.25) is 9.59 Å². The molecule has 0 aromatic heterocycles. The third-order valence-electron chi connectivity index (χ3n) is 4.81. The van der Waals surface area contributed by atoms with Gasteiger partial charge in [0.05, 0.1) is 0 Å². The van der Waals surface area contributed by atoms with Crippen LogP contribution in [0.4, 0.5) is 0 Å². The van der Waals surface area contributed by atoms with Crippen LogP contribution in [0.3, 0.4) is 0 Å². The molecule has 0 bridgehead atoms. The van der Waals surface area contributed by atoms with Crippen molar-refractivity contribution in [2.24, 2.45) is 5.92 Å². The van der Waals surface area contributed by atoms with Crippen LogP contribution in [-0.2, 0) is 16.1 Å². The number of likely N-dealkylation sites (tertiary alicyclic amines) is 1. The molecule has 4 nitrogen and oxygen atoms in total. The summed E-state index contributed by atoms with van der Waals surface area (Å²) in [5.74, 6) is 2.17. The summed E-state index contributed by atoms with van der Waals surface area (Å²) in [7, 11) is 0. The van der Waals surface area contributed by atoms with E-state index in [1.54, 1.807) is 6.92 Å². The number of rotatable bonds is 7. The average molecular weight is 398 g/mol. The molecular weight excluding hydrogens is 370 g/mol. The summed E-state index contributed by atoms with van der Waals surface area (Å²) >= 11 is 1.31. The van der Waals surface area contributed by atoms with E-state index in [1.807, 2.05) is 59.5 Å². The van der Waals surface area contributed by atoms with E-state index < -0.39 is 0 Å². The van der Waals surface area contributed by atoms with Crippen LogP contribution >= 0.6 is 11.8 Å². The van der Waals surface area contributed by atoms with E-state index in [9.17, 15) is 9.59 Å². The summed E-state index contributed by atoms with van der Waals surface area (Å²) < 4.78 is 5.84. The Bertz CT molecular complexity index is 804. The maximum absolute atomic E-state index is 12.6.